The van der Waals surface area contributed by atoms with Crippen LogP contribution in [-0.4, -0.2) is 10.9 Å². The van der Waals surface area contributed by atoms with Crippen molar-refractivity contribution in [3.8, 4) is 0 Å². The lowest BCUT2D eigenvalue weighted by Crippen LogP contribution is -2.23. The number of rotatable bonds is 3. The van der Waals surface area contributed by atoms with Crippen molar-refractivity contribution in [2.45, 2.75) is 6.54 Å². The number of amides is 1. The molecule has 0 unspecified atom stereocenters. The molecule has 0 spiro atoms. The molecule has 0 saturated heterocycles. The van der Waals surface area contributed by atoms with Crippen LogP contribution in [0.1, 0.15) is 16.2 Å². The molecule has 1 amide bonds. The van der Waals surface area contributed by atoms with Crippen molar-refractivity contribution in [2.75, 3.05) is 5.73 Å². The van der Waals surface area contributed by atoms with E-state index < -0.39 is 0 Å². The number of hydrogen-bond donors (Lipinski definition) is 2. The number of carbonyl (C=O) groups is 1. The highest BCUT2D eigenvalue weighted by Gasteiger charge is 2.09. The number of carbonyl (C=O) groups excluding carboxylic acids is 1. The van der Waals surface area contributed by atoms with E-state index in [2.05, 4.69) is 10.3 Å². The Bertz CT molecular complexity index is 751. The number of nitrogen functional groups attached to an aromatic ring is 1. The van der Waals surface area contributed by atoms with Crippen LogP contribution in [0.5, 0.6) is 0 Å². The Balaban J connectivity index is 1.82. The first-order valence-corrected chi connectivity index (χ1v) is 6.20. The van der Waals surface area contributed by atoms with Gasteiger partial charge >= 0.3 is 0 Å². The molecule has 0 aliphatic carbocycles. The maximum absolute atomic E-state index is 12.0. The SMILES string of the molecule is Nc1cccc2ccc(C(=O)NCc3ccco3)nc12. The number of pyridine rings is 1. The fourth-order valence-corrected chi connectivity index (χ4v) is 1.97. The molecule has 3 rings (SSSR count). The summed E-state index contributed by atoms with van der Waals surface area (Å²) in [5.74, 6) is 0.435. The number of nitrogens with zero attached hydrogens (tertiary/aromatic N) is 1. The Morgan fingerprint density at radius 1 is 1.20 bits per heavy atom. The van der Waals surface area contributed by atoms with E-state index in [1.807, 2.05) is 18.2 Å². The van der Waals surface area contributed by atoms with Crippen LogP contribution in [0.15, 0.2) is 53.1 Å². The fourth-order valence-electron chi connectivity index (χ4n) is 1.97. The summed E-state index contributed by atoms with van der Waals surface area (Å²) in [4.78, 5) is 16.3. The second-order valence-corrected chi connectivity index (χ2v) is 4.38. The maximum Gasteiger partial charge on any atom is 0.270 e. The lowest BCUT2D eigenvalue weighted by Gasteiger charge is -2.05. The van der Waals surface area contributed by atoms with E-state index in [1.165, 1.54) is 0 Å². The number of benzene rings is 1. The minimum atomic E-state index is -0.258. The smallest absolute Gasteiger partial charge is 0.270 e. The van der Waals surface area contributed by atoms with Gasteiger partial charge < -0.3 is 15.5 Å². The molecular formula is C15H13N3O2. The topological polar surface area (TPSA) is 81.2 Å². The van der Waals surface area contributed by atoms with Gasteiger partial charge in [0.15, 0.2) is 0 Å². The van der Waals surface area contributed by atoms with Crippen molar-refractivity contribution in [3.63, 3.8) is 0 Å². The van der Waals surface area contributed by atoms with Crippen LogP contribution < -0.4 is 11.1 Å². The molecule has 20 heavy (non-hydrogen) atoms. The van der Waals surface area contributed by atoms with Crippen molar-refractivity contribution in [1.82, 2.24) is 10.3 Å². The number of nitrogens with one attached hydrogen (secondary N) is 1. The van der Waals surface area contributed by atoms with Gasteiger partial charge in [-0.1, -0.05) is 18.2 Å². The van der Waals surface area contributed by atoms with Gasteiger partial charge in [0.2, 0.25) is 0 Å². The third-order valence-corrected chi connectivity index (χ3v) is 2.99. The first-order valence-electron chi connectivity index (χ1n) is 6.20. The van der Waals surface area contributed by atoms with Gasteiger partial charge in [-0.15, -0.1) is 0 Å². The maximum atomic E-state index is 12.0. The number of fused-ring (bicyclic) bond motifs is 1. The van der Waals surface area contributed by atoms with Gasteiger partial charge in [0.25, 0.3) is 5.91 Å². The molecular weight excluding hydrogens is 254 g/mol. The normalized spacial score (nSPS) is 10.6. The Kier molecular flexibility index (Phi) is 3.09. The molecule has 2 heterocycles. The third-order valence-electron chi connectivity index (χ3n) is 2.99. The molecule has 2 aromatic heterocycles. The van der Waals surface area contributed by atoms with Crippen molar-refractivity contribution in [2.24, 2.45) is 0 Å². The zero-order valence-corrected chi connectivity index (χ0v) is 10.7. The lowest BCUT2D eigenvalue weighted by molar-refractivity contribution is 0.0943. The average Bonchev–Trinajstić information content (AvgIpc) is 2.98. The summed E-state index contributed by atoms with van der Waals surface area (Å²) in [6.07, 6.45) is 1.57. The van der Waals surface area contributed by atoms with Crippen molar-refractivity contribution in [3.05, 3.63) is 60.2 Å². The summed E-state index contributed by atoms with van der Waals surface area (Å²) < 4.78 is 5.15. The summed E-state index contributed by atoms with van der Waals surface area (Å²) in [6.45, 7) is 0.329. The van der Waals surface area contributed by atoms with Gasteiger partial charge in [-0.3, -0.25) is 4.79 Å². The molecule has 0 aliphatic rings. The second kappa shape index (κ2) is 5.05. The Morgan fingerprint density at radius 2 is 2.10 bits per heavy atom. The van der Waals surface area contributed by atoms with Crippen LogP contribution in [0.4, 0.5) is 5.69 Å². The summed E-state index contributed by atoms with van der Waals surface area (Å²) >= 11 is 0. The number of aromatic nitrogens is 1. The first kappa shape index (κ1) is 12.2. The van der Waals surface area contributed by atoms with Gasteiger partial charge in [-0.05, 0) is 24.3 Å². The first-order chi connectivity index (χ1) is 9.74. The van der Waals surface area contributed by atoms with Gasteiger partial charge in [0.05, 0.1) is 24.0 Å². The van der Waals surface area contributed by atoms with Gasteiger partial charge in [-0.25, -0.2) is 4.98 Å². The minimum Gasteiger partial charge on any atom is -0.467 e. The summed E-state index contributed by atoms with van der Waals surface area (Å²) in [6, 6.07) is 12.6. The van der Waals surface area contributed by atoms with E-state index in [1.54, 1.807) is 30.5 Å². The van der Waals surface area contributed by atoms with Crippen LogP contribution in [0, 0.1) is 0 Å². The molecule has 0 bridgehead atoms. The zero-order chi connectivity index (χ0) is 13.9. The molecule has 5 nitrogen and oxygen atoms in total. The number of hydrogen-bond acceptors (Lipinski definition) is 4. The average molecular weight is 267 g/mol. The second-order valence-electron chi connectivity index (χ2n) is 4.38. The van der Waals surface area contributed by atoms with Crippen LogP contribution in [0.2, 0.25) is 0 Å². The molecule has 3 N–H and O–H groups in total. The largest absolute Gasteiger partial charge is 0.467 e. The Hall–Kier alpha value is -2.82. The van der Waals surface area contributed by atoms with Gasteiger partial charge in [0, 0.05) is 5.39 Å². The molecule has 0 radical (unpaired) electrons. The lowest BCUT2D eigenvalue weighted by atomic mass is 10.1. The summed E-state index contributed by atoms with van der Waals surface area (Å²) in [5, 5.41) is 3.66. The molecule has 0 fully saturated rings. The van der Waals surface area contributed by atoms with Crippen molar-refractivity contribution in [1.29, 1.82) is 0 Å². The monoisotopic (exact) mass is 267 g/mol. The highest BCUT2D eigenvalue weighted by molar-refractivity contribution is 5.97. The highest BCUT2D eigenvalue weighted by atomic mass is 16.3. The van der Waals surface area contributed by atoms with E-state index in [0.29, 0.717) is 29.2 Å². The molecule has 1 aromatic carbocycles. The van der Waals surface area contributed by atoms with Crippen LogP contribution in [-0.2, 0) is 6.54 Å². The Morgan fingerprint density at radius 3 is 2.90 bits per heavy atom. The number of nitrogens with two attached hydrogens (primary N) is 1. The van der Waals surface area contributed by atoms with Gasteiger partial charge in [-0.2, -0.15) is 0 Å². The van der Waals surface area contributed by atoms with Crippen molar-refractivity contribution < 1.29 is 9.21 Å². The standard InChI is InChI=1S/C15H13N3O2/c16-12-5-1-3-10-6-7-13(18-14(10)12)15(19)17-9-11-4-2-8-20-11/h1-8H,9,16H2,(H,17,19). The summed E-state index contributed by atoms with van der Waals surface area (Å²) in [7, 11) is 0. The molecule has 100 valence electrons. The highest BCUT2D eigenvalue weighted by Crippen LogP contribution is 2.18. The van der Waals surface area contributed by atoms with E-state index >= 15 is 0 Å². The van der Waals surface area contributed by atoms with Crippen LogP contribution in [0.3, 0.4) is 0 Å². The van der Waals surface area contributed by atoms with Crippen molar-refractivity contribution >= 4 is 22.5 Å². The fraction of sp³-hybridized carbons (Fsp3) is 0.0667. The third kappa shape index (κ3) is 2.33. The number of furan rings is 1. The predicted octanol–water partition coefficient (Wildman–Crippen LogP) is 2.34. The van der Waals surface area contributed by atoms with Crippen LogP contribution >= 0.6 is 0 Å². The Labute approximate surface area is 115 Å². The summed E-state index contributed by atoms with van der Waals surface area (Å²) in [5.41, 5.74) is 7.40. The predicted molar refractivity (Wildman–Crippen MR) is 76.0 cm³/mol. The molecule has 3 aromatic rings. The quantitative estimate of drug-likeness (QED) is 0.714. The minimum absolute atomic E-state index is 0.258. The van der Waals surface area contributed by atoms with Gasteiger partial charge in [0.1, 0.15) is 11.5 Å². The van der Waals surface area contributed by atoms with E-state index in [-0.39, 0.29) is 5.91 Å². The molecule has 0 saturated carbocycles. The van der Waals surface area contributed by atoms with Crippen LogP contribution in [0.25, 0.3) is 10.9 Å². The number of para-hydroxylation sites is 1. The molecule has 5 heteroatoms. The van der Waals surface area contributed by atoms with E-state index in [0.717, 1.165) is 5.39 Å². The number of anilines is 1. The zero-order valence-electron chi connectivity index (χ0n) is 10.7. The molecule has 0 aliphatic heterocycles. The molecule has 0 atom stereocenters. The van der Waals surface area contributed by atoms with E-state index in [4.69, 9.17) is 10.2 Å². The van der Waals surface area contributed by atoms with E-state index in [9.17, 15) is 4.79 Å².